The molecular formula is C13H20N2O7. The zero-order valence-electron chi connectivity index (χ0n) is 12.5. The fourth-order valence-corrected chi connectivity index (χ4v) is 1.61. The van der Waals surface area contributed by atoms with Crippen molar-refractivity contribution in [1.82, 2.24) is 10.4 Å². The lowest BCUT2D eigenvalue weighted by Crippen LogP contribution is -2.35. The fraction of sp³-hybridized carbons (Fsp3) is 0.692. The van der Waals surface area contributed by atoms with E-state index in [1.165, 1.54) is 0 Å². The first-order chi connectivity index (χ1) is 10.5. The van der Waals surface area contributed by atoms with Gasteiger partial charge < -0.3 is 19.6 Å². The summed E-state index contributed by atoms with van der Waals surface area (Å²) in [4.78, 5) is 49.9. The number of carbonyl (C=O) groups is 4. The molecule has 22 heavy (non-hydrogen) atoms. The van der Waals surface area contributed by atoms with Gasteiger partial charge in [0, 0.05) is 26.0 Å². The van der Waals surface area contributed by atoms with E-state index < -0.39 is 30.1 Å². The Morgan fingerprint density at radius 3 is 2.36 bits per heavy atom. The number of amides is 3. The minimum Gasteiger partial charge on any atom is -0.379 e. The number of hydrogen-bond donors (Lipinski definition) is 1. The van der Waals surface area contributed by atoms with Crippen molar-refractivity contribution in [1.29, 1.82) is 0 Å². The maximum absolute atomic E-state index is 11.4. The van der Waals surface area contributed by atoms with Gasteiger partial charge in [0.15, 0.2) is 0 Å². The van der Waals surface area contributed by atoms with Gasteiger partial charge in [-0.05, 0) is 6.92 Å². The van der Waals surface area contributed by atoms with Crippen LogP contribution in [0, 0.1) is 0 Å². The highest BCUT2D eigenvalue weighted by atomic mass is 16.7. The second-order valence-corrected chi connectivity index (χ2v) is 4.38. The Hall–Kier alpha value is -2.00. The third-order valence-electron chi connectivity index (χ3n) is 2.65. The monoisotopic (exact) mass is 316 g/mol. The molecule has 1 heterocycles. The Kier molecular flexibility index (Phi) is 8.08. The normalized spacial score (nSPS) is 14.3. The second-order valence-electron chi connectivity index (χ2n) is 4.38. The zero-order valence-corrected chi connectivity index (χ0v) is 12.5. The van der Waals surface area contributed by atoms with Crippen LogP contribution >= 0.6 is 0 Å². The molecule has 1 N–H and O–H groups in total. The van der Waals surface area contributed by atoms with Gasteiger partial charge in [-0.1, -0.05) is 0 Å². The lowest BCUT2D eigenvalue weighted by Gasteiger charge is -2.12. The first kappa shape index (κ1) is 18.1. The summed E-state index contributed by atoms with van der Waals surface area (Å²) in [6.07, 6.45) is -0.551. The highest BCUT2D eigenvalue weighted by molar-refractivity contribution is 6.02. The van der Waals surface area contributed by atoms with Gasteiger partial charge in [0.1, 0.15) is 6.42 Å². The molecule has 0 spiro atoms. The maximum atomic E-state index is 11.4. The number of carbonyl (C=O) groups excluding carboxylic acids is 4. The average molecular weight is 316 g/mol. The largest absolute Gasteiger partial charge is 0.379 e. The molecule has 0 unspecified atom stereocenters. The van der Waals surface area contributed by atoms with Crippen LogP contribution in [0.1, 0.15) is 26.2 Å². The Balaban J connectivity index is 2.10. The fourth-order valence-electron chi connectivity index (χ4n) is 1.61. The van der Waals surface area contributed by atoms with E-state index in [2.05, 4.69) is 10.2 Å². The SMILES string of the molecule is CCOCCOCCNC(=O)CC(=O)ON1C(=O)CCC1=O. The van der Waals surface area contributed by atoms with Gasteiger partial charge in [0.05, 0.1) is 19.8 Å². The molecule has 124 valence electrons. The van der Waals surface area contributed by atoms with E-state index in [1.54, 1.807) is 0 Å². The van der Waals surface area contributed by atoms with Crippen LogP contribution in [-0.4, -0.2) is 61.7 Å². The number of hydrogen-bond acceptors (Lipinski definition) is 7. The lowest BCUT2D eigenvalue weighted by molar-refractivity contribution is -0.197. The smallest absolute Gasteiger partial charge is 0.342 e. The van der Waals surface area contributed by atoms with E-state index in [-0.39, 0.29) is 26.0 Å². The van der Waals surface area contributed by atoms with Crippen molar-refractivity contribution in [2.45, 2.75) is 26.2 Å². The minimum atomic E-state index is -0.960. The minimum absolute atomic E-state index is 0.0113. The van der Waals surface area contributed by atoms with Crippen LogP contribution in [0.2, 0.25) is 0 Å². The van der Waals surface area contributed by atoms with Crippen molar-refractivity contribution in [3.05, 3.63) is 0 Å². The Morgan fingerprint density at radius 1 is 1.09 bits per heavy atom. The van der Waals surface area contributed by atoms with Crippen LogP contribution in [0.25, 0.3) is 0 Å². The molecule has 1 rings (SSSR count). The first-order valence-electron chi connectivity index (χ1n) is 7.03. The van der Waals surface area contributed by atoms with Crippen LogP contribution < -0.4 is 5.32 Å². The summed E-state index contributed by atoms with van der Waals surface area (Å²) < 4.78 is 10.2. The molecule has 1 saturated heterocycles. The first-order valence-corrected chi connectivity index (χ1v) is 7.03. The highest BCUT2D eigenvalue weighted by Gasteiger charge is 2.33. The molecule has 1 aliphatic rings. The number of imide groups is 1. The quantitative estimate of drug-likeness (QED) is 0.317. The maximum Gasteiger partial charge on any atom is 0.342 e. The Labute approximate surface area is 127 Å². The number of nitrogens with zero attached hydrogens (tertiary/aromatic N) is 1. The summed E-state index contributed by atoms with van der Waals surface area (Å²) in [6.45, 7) is 3.92. The molecule has 0 bridgehead atoms. The van der Waals surface area contributed by atoms with Gasteiger partial charge >= 0.3 is 5.97 Å². The van der Waals surface area contributed by atoms with Crippen molar-refractivity contribution < 1.29 is 33.5 Å². The molecule has 0 aliphatic carbocycles. The highest BCUT2D eigenvalue weighted by Crippen LogP contribution is 2.12. The molecule has 0 aromatic heterocycles. The number of hydroxylamine groups is 2. The molecule has 0 atom stereocenters. The van der Waals surface area contributed by atoms with Crippen molar-refractivity contribution in [3.8, 4) is 0 Å². The van der Waals surface area contributed by atoms with Crippen molar-refractivity contribution in [3.63, 3.8) is 0 Å². The summed E-state index contributed by atoms with van der Waals surface area (Å²) in [7, 11) is 0. The predicted octanol–water partition coefficient (Wildman–Crippen LogP) is -0.847. The molecule has 1 fully saturated rings. The van der Waals surface area contributed by atoms with Crippen LogP contribution in [0.3, 0.4) is 0 Å². The summed E-state index contributed by atoms with van der Waals surface area (Å²) in [6, 6.07) is 0. The molecule has 9 heteroatoms. The third-order valence-corrected chi connectivity index (χ3v) is 2.65. The van der Waals surface area contributed by atoms with Gasteiger partial charge in [-0.3, -0.25) is 14.4 Å². The number of ether oxygens (including phenoxy) is 2. The van der Waals surface area contributed by atoms with Crippen LogP contribution in [0.15, 0.2) is 0 Å². The number of rotatable bonds is 10. The molecular weight excluding hydrogens is 296 g/mol. The lowest BCUT2D eigenvalue weighted by atomic mass is 10.4. The molecule has 0 saturated carbocycles. The number of nitrogens with one attached hydrogen (secondary N) is 1. The Bertz CT molecular complexity index is 409. The summed E-state index contributed by atoms with van der Waals surface area (Å²) in [5.41, 5.74) is 0. The predicted molar refractivity (Wildman–Crippen MR) is 72.1 cm³/mol. The van der Waals surface area contributed by atoms with Gasteiger partial charge in [-0.25, -0.2) is 4.79 Å². The summed E-state index contributed by atoms with van der Waals surface area (Å²) in [5.74, 6) is -2.70. The molecule has 0 aromatic rings. The van der Waals surface area contributed by atoms with Crippen molar-refractivity contribution >= 4 is 23.7 Å². The summed E-state index contributed by atoms with van der Waals surface area (Å²) >= 11 is 0. The second kappa shape index (κ2) is 9.85. The topological polar surface area (TPSA) is 111 Å². The van der Waals surface area contributed by atoms with Gasteiger partial charge in [-0.15, -0.1) is 5.06 Å². The third kappa shape index (κ3) is 6.64. The van der Waals surface area contributed by atoms with E-state index >= 15 is 0 Å². The van der Waals surface area contributed by atoms with Crippen LogP contribution in [0.4, 0.5) is 0 Å². The summed E-state index contributed by atoms with van der Waals surface area (Å²) in [5, 5.41) is 2.87. The van der Waals surface area contributed by atoms with Crippen molar-refractivity contribution in [2.24, 2.45) is 0 Å². The van der Waals surface area contributed by atoms with Crippen LogP contribution in [0.5, 0.6) is 0 Å². The van der Waals surface area contributed by atoms with Crippen molar-refractivity contribution in [2.75, 3.05) is 33.0 Å². The molecule has 1 aliphatic heterocycles. The molecule has 9 nitrogen and oxygen atoms in total. The zero-order chi connectivity index (χ0) is 16.4. The van der Waals surface area contributed by atoms with E-state index in [1.807, 2.05) is 6.92 Å². The van der Waals surface area contributed by atoms with Gasteiger partial charge in [0.25, 0.3) is 11.8 Å². The van der Waals surface area contributed by atoms with Gasteiger partial charge in [-0.2, -0.15) is 0 Å². The molecule has 0 radical (unpaired) electrons. The van der Waals surface area contributed by atoms with E-state index in [4.69, 9.17) is 9.47 Å². The average Bonchev–Trinajstić information content (AvgIpc) is 2.78. The van der Waals surface area contributed by atoms with E-state index in [0.29, 0.717) is 24.9 Å². The van der Waals surface area contributed by atoms with E-state index in [0.717, 1.165) is 0 Å². The molecule has 0 aromatic carbocycles. The Morgan fingerprint density at radius 2 is 1.73 bits per heavy atom. The van der Waals surface area contributed by atoms with Gasteiger partial charge in [0.2, 0.25) is 5.91 Å². The van der Waals surface area contributed by atoms with Crippen LogP contribution in [-0.2, 0) is 33.5 Å². The van der Waals surface area contributed by atoms with E-state index in [9.17, 15) is 19.2 Å². The molecule has 3 amide bonds. The standard InChI is InChI=1S/C13H20N2O7/c1-2-20-7-8-21-6-5-14-10(16)9-13(19)22-15-11(17)3-4-12(15)18/h2-9H2,1H3,(H,14,16).